The molecule has 4 rings (SSSR count). The zero-order valence-corrected chi connectivity index (χ0v) is 22.5. The van der Waals surface area contributed by atoms with Gasteiger partial charge in [-0.25, -0.2) is 0 Å². The number of ether oxygens (including phenoxy) is 1. The van der Waals surface area contributed by atoms with Crippen LogP contribution in [0.3, 0.4) is 0 Å². The minimum atomic E-state index is -1.17. The predicted molar refractivity (Wildman–Crippen MR) is 141 cm³/mol. The Hall–Kier alpha value is -3.18. The van der Waals surface area contributed by atoms with Gasteiger partial charge < -0.3 is 31.5 Å². The highest BCUT2D eigenvalue weighted by Crippen LogP contribution is 2.21. The number of aliphatic hydroxyl groups is 1. The van der Waals surface area contributed by atoms with E-state index in [-0.39, 0.29) is 43.3 Å². The number of benzene rings is 1. The summed E-state index contributed by atoms with van der Waals surface area (Å²) < 4.78 is 5.70. The first-order valence-corrected chi connectivity index (χ1v) is 13.2. The fourth-order valence-corrected chi connectivity index (χ4v) is 4.80. The van der Waals surface area contributed by atoms with Crippen molar-refractivity contribution >= 4 is 23.6 Å². The lowest BCUT2D eigenvalue weighted by atomic mass is 9.99. The second kappa shape index (κ2) is 13.1. The third-order valence-corrected chi connectivity index (χ3v) is 6.63. The van der Waals surface area contributed by atoms with Crippen molar-refractivity contribution in [3.63, 3.8) is 0 Å². The number of rotatable bonds is 6. The Balaban J connectivity index is 1.81. The average molecular weight is 532 g/mol. The fourth-order valence-electron chi connectivity index (χ4n) is 4.80. The lowest BCUT2D eigenvalue weighted by Crippen LogP contribution is -2.57. The van der Waals surface area contributed by atoms with Gasteiger partial charge in [-0.15, -0.1) is 0 Å². The van der Waals surface area contributed by atoms with Crippen LogP contribution >= 0.6 is 0 Å². The molecular formula is C27H41N5O6. The molecule has 1 fully saturated rings. The molecular weight excluding hydrogens is 490 g/mol. The van der Waals surface area contributed by atoms with E-state index in [9.17, 15) is 24.3 Å². The summed E-state index contributed by atoms with van der Waals surface area (Å²) in [7, 11) is 0. The van der Waals surface area contributed by atoms with Crippen molar-refractivity contribution < 1.29 is 29.0 Å². The molecule has 210 valence electrons. The van der Waals surface area contributed by atoms with Gasteiger partial charge in [0.2, 0.25) is 23.6 Å². The number of nitrogens with two attached hydrogens (primary N) is 1. The molecule has 0 radical (unpaired) electrons. The number of hydrogen-bond acceptors (Lipinski definition) is 7. The molecule has 1 aromatic carbocycles. The molecule has 11 heteroatoms. The molecule has 0 spiro atoms. The van der Waals surface area contributed by atoms with Crippen LogP contribution < -0.4 is 26.4 Å². The van der Waals surface area contributed by atoms with Gasteiger partial charge in [-0.1, -0.05) is 12.1 Å². The van der Waals surface area contributed by atoms with Crippen molar-refractivity contribution in [2.24, 2.45) is 5.73 Å². The average Bonchev–Trinajstić information content (AvgIpc) is 3.28. The summed E-state index contributed by atoms with van der Waals surface area (Å²) >= 11 is 0. The van der Waals surface area contributed by atoms with E-state index in [0.29, 0.717) is 31.7 Å². The van der Waals surface area contributed by atoms with E-state index in [1.54, 1.807) is 0 Å². The number of likely N-dealkylation sites (tertiary alicyclic amines) is 1. The maximum Gasteiger partial charge on any atom is 0.243 e. The summed E-state index contributed by atoms with van der Waals surface area (Å²) in [6.07, 6.45) is 0.932. The van der Waals surface area contributed by atoms with Crippen molar-refractivity contribution in [2.75, 3.05) is 19.7 Å². The van der Waals surface area contributed by atoms with Gasteiger partial charge in [0.25, 0.3) is 0 Å². The summed E-state index contributed by atoms with van der Waals surface area (Å²) in [5, 5.41) is 19.8. The molecule has 0 saturated carbocycles. The van der Waals surface area contributed by atoms with E-state index in [0.717, 1.165) is 12.0 Å². The summed E-state index contributed by atoms with van der Waals surface area (Å²) in [6, 6.07) is 5.05. The van der Waals surface area contributed by atoms with Gasteiger partial charge in [0, 0.05) is 18.5 Å². The van der Waals surface area contributed by atoms with Gasteiger partial charge in [0.1, 0.15) is 11.8 Å². The van der Waals surface area contributed by atoms with Crippen LogP contribution in [0.5, 0.6) is 5.75 Å². The molecule has 6 N–H and O–H groups in total. The third kappa shape index (κ3) is 8.98. The first kappa shape index (κ1) is 29.4. The van der Waals surface area contributed by atoms with Crippen LogP contribution in [-0.4, -0.2) is 83.1 Å². The molecule has 0 aliphatic carbocycles. The minimum Gasteiger partial charge on any atom is -0.494 e. The number of primary amides is 1. The third-order valence-electron chi connectivity index (χ3n) is 6.63. The van der Waals surface area contributed by atoms with Crippen LogP contribution in [0.1, 0.15) is 58.4 Å². The highest BCUT2D eigenvalue weighted by Gasteiger charge is 2.36. The molecule has 3 heterocycles. The maximum atomic E-state index is 13.2. The van der Waals surface area contributed by atoms with E-state index in [4.69, 9.17) is 10.5 Å². The van der Waals surface area contributed by atoms with Crippen LogP contribution in [0.4, 0.5) is 0 Å². The number of β-amino-alcohol motifs (C(OH)–C–C–N with tert-alkyl or cyclic N) is 1. The molecule has 4 amide bonds. The smallest absolute Gasteiger partial charge is 0.243 e. The van der Waals surface area contributed by atoms with Crippen LogP contribution in [-0.2, 0) is 25.6 Å². The van der Waals surface area contributed by atoms with E-state index in [2.05, 4.69) is 16.0 Å². The van der Waals surface area contributed by atoms with Crippen molar-refractivity contribution in [3.05, 3.63) is 29.8 Å². The second-order valence-electron chi connectivity index (χ2n) is 11.2. The number of carbonyl (C=O) groups excluding carboxylic acids is 4. The molecule has 4 atom stereocenters. The Bertz CT molecular complexity index is 993. The normalized spacial score (nSPS) is 24.4. The number of amides is 4. The number of carbonyl (C=O) groups is 4. The summed E-state index contributed by atoms with van der Waals surface area (Å²) in [4.78, 5) is 52.1. The molecule has 11 nitrogen and oxygen atoms in total. The first-order valence-electron chi connectivity index (χ1n) is 13.2. The molecule has 38 heavy (non-hydrogen) atoms. The predicted octanol–water partition coefficient (Wildman–Crippen LogP) is -0.0133. The number of nitrogens with zero attached hydrogens (tertiary/aromatic N) is 1. The minimum absolute atomic E-state index is 0.0897. The van der Waals surface area contributed by atoms with Crippen molar-refractivity contribution in [3.8, 4) is 5.75 Å². The summed E-state index contributed by atoms with van der Waals surface area (Å²) in [5.74, 6) is -1.17. The topological polar surface area (TPSA) is 163 Å². The van der Waals surface area contributed by atoms with E-state index >= 15 is 0 Å². The largest absolute Gasteiger partial charge is 0.494 e. The van der Waals surface area contributed by atoms with Crippen molar-refractivity contribution in [2.45, 2.75) is 89.1 Å². The highest BCUT2D eigenvalue weighted by molar-refractivity contribution is 5.91. The molecule has 1 saturated heterocycles. The summed E-state index contributed by atoms with van der Waals surface area (Å²) in [6.45, 7) is 6.89. The van der Waals surface area contributed by atoms with Gasteiger partial charge in [-0.05, 0) is 70.7 Å². The zero-order valence-electron chi connectivity index (χ0n) is 22.5. The molecule has 1 aromatic rings. The van der Waals surface area contributed by atoms with E-state index in [1.807, 2.05) is 49.9 Å². The number of aliphatic hydroxyl groups excluding tert-OH is 1. The Kier molecular flexibility index (Phi) is 10.1. The highest BCUT2D eigenvalue weighted by atomic mass is 16.5. The second-order valence-corrected chi connectivity index (χ2v) is 11.2. The van der Waals surface area contributed by atoms with Gasteiger partial charge in [0.05, 0.1) is 31.2 Å². The van der Waals surface area contributed by atoms with Crippen molar-refractivity contribution in [1.82, 2.24) is 20.9 Å². The molecule has 4 unspecified atom stereocenters. The number of hydrogen-bond donors (Lipinski definition) is 5. The Morgan fingerprint density at radius 1 is 1.18 bits per heavy atom. The SMILES string of the molecule is CC(C)(C)NC(=O)C1CCCN1CC(O)C1Cc2ccc(cc2)OCCCC(=O)NC(CC(N)=O)C(=O)N1. The molecule has 3 aliphatic heterocycles. The number of fused-ring (bicyclic) bond motifs is 12. The number of nitrogens with one attached hydrogen (secondary N) is 3. The van der Waals surface area contributed by atoms with Crippen LogP contribution in [0.25, 0.3) is 0 Å². The molecule has 0 aromatic heterocycles. The Morgan fingerprint density at radius 3 is 2.55 bits per heavy atom. The van der Waals surface area contributed by atoms with Crippen LogP contribution in [0.15, 0.2) is 24.3 Å². The molecule has 2 bridgehead atoms. The Labute approximate surface area is 223 Å². The summed E-state index contributed by atoms with van der Waals surface area (Å²) in [5.41, 5.74) is 5.82. The fraction of sp³-hybridized carbons (Fsp3) is 0.630. The van der Waals surface area contributed by atoms with Gasteiger partial charge in [0.15, 0.2) is 0 Å². The van der Waals surface area contributed by atoms with Gasteiger partial charge in [-0.3, -0.25) is 24.1 Å². The standard InChI is InChI=1S/C27H41N5O6/c1-27(2,3)31-26(37)21-6-4-12-32(21)16-22(33)19-14-17-8-10-18(11-9-17)38-13-5-7-24(35)29-20(15-23(28)34)25(36)30-19/h8-11,19-22,33H,4-7,12-16H2,1-3H3,(H2,28,34)(H,29,35)(H,30,36)(H,31,37). The zero-order chi connectivity index (χ0) is 27.9. The van der Waals surface area contributed by atoms with E-state index < -0.39 is 35.9 Å². The lowest BCUT2D eigenvalue weighted by Gasteiger charge is -2.32. The van der Waals surface area contributed by atoms with Crippen LogP contribution in [0, 0.1) is 0 Å². The maximum absolute atomic E-state index is 13.2. The lowest BCUT2D eigenvalue weighted by molar-refractivity contribution is -0.132. The quantitative estimate of drug-likeness (QED) is 0.345. The monoisotopic (exact) mass is 531 g/mol. The van der Waals surface area contributed by atoms with Gasteiger partial charge in [-0.2, -0.15) is 0 Å². The van der Waals surface area contributed by atoms with Crippen LogP contribution in [0.2, 0.25) is 0 Å². The van der Waals surface area contributed by atoms with Gasteiger partial charge >= 0.3 is 0 Å². The van der Waals surface area contributed by atoms with E-state index in [1.165, 1.54) is 0 Å². The first-order chi connectivity index (χ1) is 17.9. The molecule has 3 aliphatic rings. The van der Waals surface area contributed by atoms with Crippen molar-refractivity contribution in [1.29, 1.82) is 0 Å². The Morgan fingerprint density at radius 2 is 1.89 bits per heavy atom.